The van der Waals surface area contributed by atoms with E-state index in [-0.39, 0.29) is 5.41 Å². The van der Waals surface area contributed by atoms with E-state index in [2.05, 4.69) is 32.5 Å². The Morgan fingerprint density at radius 1 is 1.33 bits per heavy atom. The lowest BCUT2D eigenvalue weighted by Crippen LogP contribution is -2.24. The first-order valence-corrected chi connectivity index (χ1v) is 5.67. The van der Waals surface area contributed by atoms with Gasteiger partial charge in [0, 0.05) is 10.6 Å². The first-order chi connectivity index (χ1) is 6.94. The van der Waals surface area contributed by atoms with E-state index in [4.69, 9.17) is 11.5 Å². The lowest BCUT2D eigenvalue weighted by molar-refractivity contribution is 0.348. The number of aryl methyl sites for hydroxylation is 1. The van der Waals surface area contributed by atoms with Crippen molar-refractivity contribution >= 4 is 18.3 Å². The predicted octanol–water partition coefficient (Wildman–Crippen LogP) is 2.47. The Balaban J connectivity index is 2.62. The van der Waals surface area contributed by atoms with Crippen molar-refractivity contribution in [3.63, 3.8) is 0 Å². The van der Waals surface area contributed by atoms with Crippen LogP contribution in [0.15, 0.2) is 23.1 Å². The van der Waals surface area contributed by atoms with E-state index in [0.29, 0.717) is 0 Å². The van der Waals surface area contributed by atoms with Gasteiger partial charge in [-0.2, -0.15) is 0 Å². The third-order valence-electron chi connectivity index (χ3n) is 2.74. The zero-order chi connectivity index (χ0) is 11.5. The van der Waals surface area contributed by atoms with Crippen molar-refractivity contribution in [2.45, 2.75) is 31.6 Å². The summed E-state index contributed by atoms with van der Waals surface area (Å²) in [7, 11) is 0. The van der Waals surface area contributed by atoms with Crippen LogP contribution in [-0.2, 0) is 6.42 Å². The Labute approximate surface area is 97.5 Å². The highest BCUT2D eigenvalue weighted by Gasteiger charge is 2.15. The van der Waals surface area contributed by atoms with Crippen LogP contribution in [0.2, 0.25) is 0 Å². The minimum Gasteiger partial charge on any atom is -0.398 e. The molecule has 1 aromatic rings. The molecule has 0 atom stereocenters. The smallest absolute Gasteiger partial charge is 0.0449 e. The van der Waals surface area contributed by atoms with Crippen LogP contribution in [0.3, 0.4) is 0 Å². The molecule has 2 nitrogen and oxygen atoms in total. The molecule has 0 radical (unpaired) electrons. The normalized spacial score (nSPS) is 11.7. The predicted molar refractivity (Wildman–Crippen MR) is 69.3 cm³/mol. The Kier molecular flexibility index (Phi) is 4.05. The Morgan fingerprint density at radius 2 is 2.00 bits per heavy atom. The van der Waals surface area contributed by atoms with Gasteiger partial charge in [0.05, 0.1) is 0 Å². The zero-order valence-corrected chi connectivity index (χ0v) is 10.3. The van der Waals surface area contributed by atoms with E-state index < -0.39 is 0 Å². The van der Waals surface area contributed by atoms with Crippen LogP contribution in [0.4, 0.5) is 5.69 Å². The molecule has 0 aromatic heterocycles. The molecule has 0 aliphatic rings. The van der Waals surface area contributed by atoms with Crippen LogP contribution in [0.5, 0.6) is 0 Å². The number of hydrogen-bond acceptors (Lipinski definition) is 3. The first kappa shape index (κ1) is 12.4. The van der Waals surface area contributed by atoms with Gasteiger partial charge in [-0.05, 0) is 42.5 Å². The maximum absolute atomic E-state index is 5.70. The molecule has 1 aromatic carbocycles. The Morgan fingerprint density at radius 3 is 2.53 bits per heavy atom. The van der Waals surface area contributed by atoms with E-state index in [0.717, 1.165) is 30.0 Å². The van der Waals surface area contributed by atoms with Crippen LogP contribution in [0.25, 0.3) is 0 Å². The van der Waals surface area contributed by atoms with Gasteiger partial charge in [-0.25, -0.2) is 0 Å². The molecule has 3 heteroatoms. The molecular weight excluding hydrogens is 204 g/mol. The number of nitrogen functional groups attached to an aromatic ring is 1. The molecule has 0 aliphatic carbocycles. The topological polar surface area (TPSA) is 52.0 Å². The lowest BCUT2D eigenvalue weighted by Gasteiger charge is -2.22. The highest BCUT2D eigenvalue weighted by atomic mass is 32.1. The SMILES string of the molecule is CC(C)(CN)CCc1ccc(N)c(S)c1. The molecule has 15 heavy (non-hydrogen) atoms. The Hall–Kier alpha value is -0.670. The number of thiol groups is 1. The minimum absolute atomic E-state index is 0.206. The van der Waals surface area contributed by atoms with Crippen molar-refractivity contribution in [3.05, 3.63) is 23.8 Å². The van der Waals surface area contributed by atoms with Gasteiger partial charge in [-0.1, -0.05) is 19.9 Å². The van der Waals surface area contributed by atoms with Crippen molar-refractivity contribution in [1.82, 2.24) is 0 Å². The quantitative estimate of drug-likeness (QED) is 0.543. The van der Waals surface area contributed by atoms with Crippen molar-refractivity contribution in [2.24, 2.45) is 11.1 Å². The van der Waals surface area contributed by atoms with Gasteiger partial charge in [-0.3, -0.25) is 0 Å². The van der Waals surface area contributed by atoms with Crippen LogP contribution < -0.4 is 11.5 Å². The molecule has 0 unspecified atom stereocenters. The maximum atomic E-state index is 5.70. The number of nitrogens with two attached hydrogens (primary N) is 2. The molecule has 0 heterocycles. The highest BCUT2D eigenvalue weighted by molar-refractivity contribution is 7.80. The van der Waals surface area contributed by atoms with Crippen molar-refractivity contribution in [3.8, 4) is 0 Å². The van der Waals surface area contributed by atoms with E-state index in [9.17, 15) is 0 Å². The molecule has 1 rings (SSSR count). The second-order valence-corrected chi connectivity index (χ2v) is 5.24. The number of benzene rings is 1. The molecule has 0 aliphatic heterocycles. The average Bonchev–Trinajstić information content (AvgIpc) is 2.20. The summed E-state index contributed by atoms with van der Waals surface area (Å²) in [5.41, 5.74) is 13.6. The van der Waals surface area contributed by atoms with Gasteiger partial charge in [0.15, 0.2) is 0 Å². The Bertz CT molecular complexity index is 334. The largest absolute Gasteiger partial charge is 0.398 e. The van der Waals surface area contributed by atoms with Crippen LogP contribution in [0.1, 0.15) is 25.8 Å². The third-order valence-corrected chi connectivity index (χ3v) is 3.13. The van der Waals surface area contributed by atoms with E-state index in [1.807, 2.05) is 12.1 Å². The third kappa shape index (κ3) is 3.76. The molecule has 4 N–H and O–H groups in total. The fourth-order valence-electron chi connectivity index (χ4n) is 1.33. The van der Waals surface area contributed by atoms with Crippen molar-refractivity contribution < 1.29 is 0 Å². The second-order valence-electron chi connectivity index (χ2n) is 4.76. The van der Waals surface area contributed by atoms with E-state index in [1.165, 1.54) is 5.56 Å². The molecule has 0 saturated heterocycles. The van der Waals surface area contributed by atoms with Gasteiger partial charge in [0.1, 0.15) is 0 Å². The van der Waals surface area contributed by atoms with Gasteiger partial charge >= 0.3 is 0 Å². The number of anilines is 1. The number of hydrogen-bond donors (Lipinski definition) is 3. The van der Waals surface area contributed by atoms with Gasteiger partial charge < -0.3 is 11.5 Å². The summed E-state index contributed by atoms with van der Waals surface area (Å²) >= 11 is 4.31. The van der Waals surface area contributed by atoms with Crippen molar-refractivity contribution in [1.29, 1.82) is 0 Å². The molecule has 0 spiro atoms. The van der Waals surface area contributed by atoms with E-state index in [1.54, 1.807) is 0 Å². The van der Waals surface area contributed by atoms with Crippen LogP contribution in [-0.4, -0.2) is 6.54 Å². The summed E-state index contributed by atoms with van der Waals surface area (Å²) in [5.74, 6) is 0. The standard InChI is InChI=1S/C12H20N2S/c1-12(2,8-13)6-5-9-3-4-10(14)11(15)7-9/h3-4,7,15H,5-6,8,13-14H2,1-2H3. The summed E-state index contributed by atoms with van der Waals surface area (Å²) in [6, 6.07) is 6.00. The lowest BCUT2D eigenvalue weighted by atomic mass is 9.86. The molecule has 0 bridgehead atoms. The van der Waals surface area contributed by atoms with Gasteiger partial charge in [-0.15, -0.1) is 12.6 Å². The van der Waals surface area contributed by atoms with Gasteiger partial charge in [0.2, 0.25) is 0 Å². The maximum Gasteiger partial charge on any atom is 0.0449 e. The molecular formula is C12H20N2S. The molecule has 0 fully saturated rings. The fourth-order valence-corrected chi connectivity index (χ4v) is 1.57. The molecule has 0 saturated carbocycles. The fraction of sp³-hybridized carbons (Fsp3) is 0.500. The second kappa shape index (κ2) is 4.90. The van der Waals surface area contributed by atoms with Crippen molar-refractivity contribution in [2.75, 3.05) is 12.3 Å². The minimum atomic E-state index is 0.206. The summed E-state index contributed by atoms with van der Waals surface area (Å²) in [6.45, 7) is 5.09. The number of rotatable bonds is 4. The summed E-state index contributed by atoms with van der Waals surface area (Å²) in [6.07, 6.45) is 2.11. The van der Waals surface area contributed by atoms with Crippen LogP contribution >= 0.6 is 12.6 Å². The molecule has 0 amide bonds. The molecule has 84 valence electrons. The monoisotopic (exact) mass is 224 g/mol. The van der Waals surface area contributed by atoms with E-state index >= 15 is 0 Å². The summed E-state index contributed by atoms with van der Waals surface area (Å²) in [5, 5.41) is 0. The van der Waals surface area contributed by atoms with Crippen LogP contribution in [0, 0.1) is 5.41 Å². The van der Waals surface area contributed by atoms with Gasteiger partial charge in [0.25, 0.3) is 0 Å². The highest BCUT2D eigenvalue weighted by Crippen LogP contribution is 2.23. The summed E-state index contributed by atoms with van der Waals surface area (Å²) < 4.78 is 0. The zero-order valence-electron chi connectivity index (χ0n) is 9.46. The summed E-state index contributed by atoms with van der Waals surface area (Å²) in [4.78, 5) is 0.859. The average molecular weight is 224 g/mol. The first-order valence-electron chi connectivity index (χ1n) is 5.22.